The molecule has 0 heterocycles. The van der Waals surface area contributed by atoms with Crippen molar-refractivity contribution < 1.29 is 8.78 Å². The zero-order valence-corrected chi connectivity index (χ0v) is 17.0. The molecule has 0 atom stereocenters. The molecule has 0 aliphatic heterocycles. The second kappa shape index (κ2) is 9.87. The first kappa shape index (κ1) is 20.6. The van der Waals surface area contributed by atoms with E-state index in [4.69, 9.17) is 0 Å². The summed E-state index contributed by atoms with van der Waals surface area (Å²) in [5, 5.41) is 0. The number of benzene rings is 2. The van der Waals surface area contributed by atoms with Crippen molar-refractivity contribution in [1.29, 1.82) is 0 Å². The average Bonchev–Trinajstić information content (AvgIpc) is 2.72. The molecule has 0 aromatic heterocycles. The second-order valence-corrected chi connectivity index (χ2v) is 8.00. The van der Waals surface area contributed by atoms with Crippen LogP contribution < -0.4 is 0 Å². The van der Waals surface area contributed by atoms with Crippen molar-refractivity contribution in [3.05, 3.63) is 59.2 Å². The Morgan fingerprint density at radius 2 is 1.61 bits per heavy atom. The lowest BCUT2D eigenvalue weighted by Gasteiger charge is -2.25. The molecule has 2 aromatic rings. The maximum Gasteiger partial charge on any atom is 0.166 e. The first-order chi connectivity index (χ1) is 13.6. The van der Waals surface area contributed by atoms with Gasteiger partial charge in [0, 0.05) is 11.5 Å². The predicted octanol–water partition coefficient (Wildman–Crippen LogP) is 7.35. The Bertz CT molecular complexity index is 831. The SMILES string of the molecule is CC#CC1CCC(CCc2ccc(-c3ccc(CCC)c(F)c3F)cc2)CC1. The molecule has 148 valence electrons. The first-order valence-corrected chi connectivity index (χ1v) is 10.6. The van der Waals surface area contributed by atoms with E-state index in [-0.39, 0.29) is 0 Å². The van der Waals surface area contributed by atoms with E-state index < -0.39 is 11.6 Å². The normalized spacial score (nSPS) is 19.1. The second-order valence-electron chi connectivity index (χ2n) is 8.00. The highest BCUT2D eigenvalue weighted by atomic mass is 19.2. The van der Waals surface area contributed by atoms with Gasteiger partial charge in [-0.05, 0) is 74.5 Å². The third-order valence-electron chi connectivity index (χ3n) is 5.98. The molecular formula is C26H30F2. The van der Waals surface area contributed by atoms with Crippen molar-refractivity contribution in [2.45, 2.75) is 65.2 Å². The third-order valence-corrected chi connectivity index (χ3v) is 5.98. The van der Waals surface area contributed by atoms with E-state index in [9.17, 15) is 8.78 Å². The van der Waals surface area contributed by atoms with Crippen LogP contribution >= 0.6 is 0 Å². The molecule has 0 bridgehead atoms. The average molecular weight is 381 g/mol. The van der Waals surface area contributed by atoms with Crippen LogP contribution in [0.1, 0.15) is 63.5 Å². The van der Waals surface area contributed by atoms with Crippen LogP contribution in [-0.4, -0.2) is 0 Å². The lowest BCUT2D eigenvalue weighted by molar-refractivity contribution is 0.302. The molecule has 0 radical (unpaired) electrons. The Balaban J connectivity index is 1.60. The molecular weight excluding hydrogens is 350 g/mol. The molecule has 2 heteroatoms. The highest BCUT2D eigenvalue weighted by Gasteiger charge is 2.19. The number of hydrogen-bond donors (Lipinski definition) is 0. The molecule has 28 heavy (non-hydrogen) atoms. The van der Waals surface area contributed by atoms with Gasteiger partial charge < -0.3 is 0 Å². The highest BCUT2D eigenvalue weighted by molar-refractivity contribution is 5.65. The molecule has 1 saturated carbocycles. The lowest BCUT2D eigenvalue weighted by Crippen LogP contribution is -2.14. The number of halogens is 2. The summed E-state index contributed by atoms with van der Waals surface area (Å²) < 4.78 is 28.7. The van der Waals surface area contributed by atoms with Crippen LogP contribution in [0.2, 0.25) is 0 Å². The molecule has 0 N–H and O–H groups in total. The van der Waals surface area contributed by atoms with E-state index in [1.165, 1.54) is 37.7 Å². The Morgan fingerprint density at radius 3 is 2.25 bits per heavy atom. The number of hydrogen-bond acceptors (Lipinski definition) is 0. The monoisotopic (exact) mass is 380 g/mol. The Kier molecular flexibility index (Phi) is 7.26. The number of rotatable bonds is 6. The zero-order chi connectivity index (χ0) is 19.9. The van der Waals surface area contributed by atoms with Gasteiger partial charge in [-0.2, -0.15) is 0 Å². The number of aryl methyl sites for hydroxylation is 2. The molecule has 2 aromatic carbocycles. The summed E-state index contributed by atoms with van der Waals surface area (Å²) in [6, 6.07) is 11.4. The molecule has 0 nitrogen and oxygen atoms in total. The van der Waals surface area contributed by atoms with Gasteiger partial charge >= 0.3 is 0 Å². The van der Waals surface area contributed by atoms with Crippen molar-refractivity contribution >= 4 is 0 Å². The van der Waals surface area contributed by atoms with Crippen LogP contribution in [0.15, 0.2) is 36.4 Å². The van der Waals surface area contributed by atoms with E-state index in [1.807, 2.05) is 26.0 Å². The summed E-state index contributed by atoms with van der Waals surface area (Å²) in [5.41, 5.74) is 2.81. The summed E-state index contributed by atoms with van der Waals surface area (Å²) in [6.45, 7) is 3.89. The van der Waals surface area contributed by atoms with Gasteiger partial charge in [0.1, 0.15) is 0 Å². The van der Waals surface area contributed by atoms with Gasteiger partial charge in [0.2, 0.25) is 0 Å². The van der Waals surface area contributed by atoms with Crippen molar-refractivity contribution in [3.63, 3.8) is 0 Å². The van der Waals surface area contributed by atoms with Crippen molar-refractivity contribution in [2.75, 3.05) is 0 Å². The predicted molar refractivity (Wildman–Crippen MR) is 113 cm³/mol. The minimum Gasteiger partial charge on any atom is -0.203 e. The van der Waals surface area contributed by atoms with Crippen molar-refractivity contribution in [1.82, 2.24) is 0 Å². The van der Waals surface area contributed by atoms with Crippen LogP contribution in [0.25, 0.3) is 11.1 Å². The largest absolute Gasteiger partial charge is 0.203 e. The van der Waals surface area contributed by atoms with Gasteiger partial charge in [0.05, 0.1) is 0 Å². The Labute approximate surface area is 168 Å². The minimum absolute atomic E-state index is 0.347. The summed E-state index contributed by atoms with van der Waals surface area (Å²) in [7, 11) is 0. The van der Waals surface area contributed by atoms with Crippen molar-refractivity contribution in [3.8, 4) is 23.0 Å². The van der Waals surface area contributed by atoms with Crippen LogP contribution in [-0.2, 0) is 12.8 Å². The van der Waals surface area contributed by atoms with Crippen LogP contribution in [0.3, 0.4) is 0 Å². The van der Waals surface area contributed by atoms with Crippen LogP contribution in [0.5, 0.6) is 0 Å². The summed E-state index contributed by atoms with van der Waals surface area (Å²) in [4.78, 5) is 0. The molecule has 0 saturated heterocycles. The lowest BCUT2D eigenvalue weighted by atomic mass is 9.80. The van der Waals surface area contributed by atoms with Crippen molar-refractivity contribution in [2.24, 2.45) is 11.8 Å². The summed E-state index contributed by atoms with van der Waals surface area (Å²) in [6.07, 6.45) is 8.60. The minimum atomic E-state index is -0.731. The zero-order valence-electron chi connectivity index (χ0n) is 17.0. The molecule has 0 spiro atoms. The fourth-order valence-corrected chi connectivity index (χ4v) is 4.30. The smallest absolute Gasteiger partial charge is 0.166 e. The molecule has 1 aliphatic rings. The highest BCUT2D eigenvalue weighted by Crippen LogP contribution is 2.32. The van der Waals surface area contributed by atoms with Gasteiger partial charge in [-0.1, -0.05) is 49.7 Å². The quantitative estimate of drug-likeness (QED) is 0.460. The van der Waals surface area contributed by atoms with Gasteiger partial charge in [-0.15, -0.1) is 11.8 Å². The van der Waals surface area contributed by atoms with E-state index in [2.05, 4.69) is 24.0 Å². The van der Waals surface area contributed by atoms with Crippen LogP contribution in [0.4, 0.5) is 8.78 Å². The molecule has 1 aliphatic carbocycles. The van der Waals surface area contributed by atoms with Gasteiger partial charge in [-0.3, -0.25) is 0 Å². The topological polar surface area (TPSA) is 0 Å². The van der Waals surface area contributed by atoms with E-state index in [0.717, 1.165) is 24.3 Å². The fraction of sp³-hybridized carbons (Fsp3) is 0.462. The first-order valence-electron chi connectivity index (χ1n) is 10.6. The van der Waals surface area contributed by atoms with E-state index in [1.54, 1.807) is 12.1 Å². The molecule has 0 amide bonds. The fourth-order valence-electron chi connectivity index (χ4n) is 4.30. The summed E-state index contributed by atoms with van der Waals surface area (Å²) in [5.74, 6) is 6.31. The van der Waals surface area contributed by atoms with Gasteiger partial charge in [0.15, 0.2) is 11.6 Å². The Hall–Kier alpha value is -2.14. The molecule has 1 fully saturated rings. The van der Waals surface area contributed by atoms with Gasteiger partial charge in [-0.25, -0.2) is 8.78 Å². The standard InChI is InChI=1S/C26H30F2/c1-3-5-19-7-9-20(10-8-19)11-12-21-13-15-22(16-14-21)24-18-17-23(6-4-2)25(27)26(24)28/h13-20H,4,6-12H2,1-2H3. The Morgan fingerprint density at radius 1 is 0.893 bits per heavy atom. The maximum absolute atomic E-state index is 14.5. The molecule has 0 unspecified atom stereocenters. The maximum atomic E-state index is 14.5. The van der Waals surface area contributed by atoms with Gasteiger partial charge in [0.25, 0.3) is 0 Å². The molecule has 3 rings (SSSR count). The third kappa shape index (κ3) is 5.02. The van der Waals surface area contributed by atoms with E-state index in [0.29, 0.717) is 23.5 Å². The van der Waals surface area contributed by atoms with E-state index >= 15 is 0 Å². The van der Waals surface area contributed by atoms with Crippen LogP contribution in [0, 0.1) is 35.3 Å². The summed E-state index contributed by atoms with van der Waals surface area (Å²) >= 11 is 0.